The lowest BCUT2D eigenvalue weighted by Crippen LogP contribution is -2.18. The van der Waals surface area contributed by atoms with Crippen LogP contribution in [0.4, 0.5) is 0 Å². The van der Waals surface area contributed by atoms with Gasteiger partial charge in [-0.25, -0.2) is 5.43 Å². The highest BCUT2D eigenvalue weighted by Crippen LogP contribution is 2.09. The molecule has 1 N–H and O–H groups in total. The van der Waals surface area contributed by atoms with Crippen LogP contribution in [0, 0.1) is 0 Å². The minimum Gasteiger partial charge on any atom is -0.463 e. The molecule has 0 saturated carbocycles. The van der Waals surface area contributed by atoms with E-state index in [0.717, 1.165) is 0 Å². The highest BCUT2D eigenvalue weighted by molar-refractivity contribution is 5.92. The average molecular weight is 282 g/mol. The fraction of sp³-hybridized carbons (Fsp3) is 0. The van der Waals surface area contributed by atoms with Crippen LogP contribution in [-0.4, -0.2) is 12.1 Å². The number of fused-ring (bicyclic) bond motifs is 1. The van der Waals surface area contributed by atoms with Gasteiger partial charge in [0.2, 0.25) is 5.43 Å². The number of carbonyl (C=O) groups is 1. The first-order chi connectivity index (χ1) is 10.3. The number of para-hydroxylation sites is 1. The molecule has 0 unspecified atom stereocenters. The zero-order valence-corrected chi connectivity index (χ0v) is 10.8. The van der Waals surface area contributed by atoms with Crippen molar-refractivity contribution in [1.29, 1.82) is 0 Å². The standard InChI is InChI=1S/C15H10N2O4/c18-14-10(9-21-12-5-2-1-4-11(12)14)8-16-17-15(19)13-6-3-7-20-13/h1-9H,(H,17,19)/b16-8-. The second-order valence-electron chi connectivity index (χ2n) is 4.19. The zero-order valence-electron chi connectivity index (χ0n) is 10.8. The summed E-state index contributed by atoms with van der Waals surface area (Å²) in [5, 5.41) is 4.18. The summed E-state index contributed by atoms with van der Waals surface area (Å²) in [7, 11) is 0. The van der Waals surface area contributed by atoms with E-state index in [9.17, 15) is 9.59 Å². The molecule has 104 valence electrons. The van der Waals surface area contributed by atoms with Gasteiger partial charge in [0.15, 0.2) is 5.76 Å². The van der Waals surface area contributed by atoms with Crippen molar-refractivity contribution in [2.75, 3.05) is 0 Å². The van der Waals surface area contributed by atoms with Gasteiger partial charge in [0.05, 0.1) is 23.4 Å². The largest absolute Gasteiger partial charge is 0.463 e. The number of benzene rings is 1. The van der Waals surface area contributed by atoms with Gasteiger partial charge in [0, 0.05) is 0 Å². The molecule has 0 aliphatic carbocycles. The fourth-order valence-corrected chi connectivity index (χ4v) is 1.81. The van der Waals surface area contributed by atoms with Gasteiger partial charge in [-0.05, 0) is 24.3 Å². The third-order valence-corrected chi connectivity index (χ3v) is 2.82. The third-order valence-electron chi connectivity index (χ3n) is 2.82. The van der Waals surface area contributed by atoms with Gasteiger partial charge >= 0.3 is 5.91 Å². The predicted molar refractivity (Wildman–Crippen MR) is 76.3 cm³/mol. The molecule has 0 atom stereocenters. The molecule has 3 rings (SSSR count). The van der Waals surface area contributed by atoms with E-state index >= 15 is 0 Å². The Bertz CT molecular complexity index is 863. The molecule has 0 fully saturated rings. The van der Waals surface area contributed by atoms with Gasteiger partial charge in [-0.3, -0.25) is 9.59 Å². The Morgan fingerprint density at radius 2 is 2.00 bits per heavy atom. The fourth-order valence-electron chi connectivity index (χ4n) is 1.81. The van der Waals surface area contributed by atoms with Crippen molar-refractivity contribution in [3.8, 4) is 0 Å². The summed E-state index contributed by atoms with van der Waals surface area (Å²) in [6, 6.07) is 10.0. The molecule has 21 heavy (non-hydrogen) atoms. The molecule has 0 saturated heterocycles. The minimum absolute atomic E-state index is 0.137. The number of hydrogen-bond donors (Lipinski definition) is 1. The first-order valence-corrected chi connectivity index (χ1v) is 6.13. The molecule has 1 aromatic carbocycles. The molecular formula is C15H10N2O4. The van der Waals surface area contributed by atoms with Crippen molar-refractivity contribution in [3.05, 3.63) is 70.5 Å². The van der Waals surface area contributed by atoms with E-state index in [-0.39, 0.29) is 16.8 Å². The summed E-state index contributed by atoms with van der Waals surface area (Å²) >= 11 is 0. The van der Waals surface area contributed by atoms with Gasteiger partial charge in [0.25, 0.3) is 0 Å². The first kappa shape index (κ1) is 12.9. The van der Waals surface area contributed by atoms with Crippen molar-refractivity contribution in [2.24, 2.45) is 5.10 Å². The maximum absolute atomic E-state index is 12.2. The predicted octanol–water partition coefficient (Wildman–Crippen LogP) is 2.15. The Morgan fingerprint density at radius 1 is 1.14 bits per heavy atom. The van der Waals surface area contributed by atoms with Crippen molar-refractivity contribution in [1.82, 2.24) is 5.43 Å². The van der Waals surface area contributed by atoms with Gasteiger partial charge in [-0.15, -0.1) is 0 Å². The van der Waals surface area contributed by atoms with E-state index in [1.165, 1.54) is 24.8 Å². The first-order valence-electron chi connectivity index (χ1n) is 6.13. The van der Waals surface area contributed by atoms with Gasteiger partial charge < -0.3 is 8.83 Å². The van der Waals surface area contributed by atoms with Gasteiger partial charge in [-0.1, -0.05) is 12.1 Å². The van der Waals surface area contributed by atoms with Crippen LogP contribution >= 0.6 is 0 Å². The van der Waals surface area contributed by atoms with Crippen LogP contribution in [0.1, 0.15) is 16.1 Å². The quantitative estimate of drug-likeness (QED) is 0.589. The van der Waals surface area contributed by atoms with Crippen molar-refractivity contribution >= 4 is 23.1 Å². The molecule has 6 nitrogen and oxygen atoms in total. The van der Waals surface area contributed by atoms with Crippen LogP contribution < -0.4 is 10.9 Å². The molecule has 2 aromatic heterocycles. The molecule has 0 radical (unpaired) electrons. The van der Waals surface area contributed by atoms with E-state index in [1.54, 1.807) is 30.3 Å². The number of nitrogens with one attached hydrogen (secondary N) is 1. The van der Waals surface area contributed by atoms with E-state index < -0.39 is 5.91 Å². The summed E-state index contributed by atoms with van der Waals surface area (Å²) in [6.07, 6.45) is 3.92. The third kappa shape index (κ3) is 2.59. The summed E-state index contributed by atoms with van der Waals surface area (Å²) < 4.78 is 10.2. The molecule has 6 heteroatoms. The monoisotopic (exact) mass is 282 g/mol. The van der Waals surface area contributed by atoms with E-state index in [2.05, 4.69) is 10.5 Å². The SMILES string of the molecule is O=C(N/N=C\c1coc2ccccc2c1=O)c1ccco1. The smallest absolute Gasteiger partial charge is 0.307 e. The Morgan fingerprint density at radius 3 is 2.81 bits per heavy atom. The number of hydrazone groups is 1. The van der Waals surface area contributed by atoms with Crippen LogP contribution in [-0.2, 0) is 0 Å². The summed E-state index contributed by atoms with van der Waals surface area (Å²) in [4.78, 5) is 23.7. The van der Waals surface area contributed by atoms with Crippen LogP contribution in [0.15, 0.2) is 67.7 Å². The molecule has 3 aromatic rings. The van der Waals surface area contributed by atoms with E-state index in [1.807, 2.05) is 0 Å². The summed E-state index contributed by atoms with van der Waals surface area (Å²) in [5.41, 5.74) is 2.79. The van der Waals surface area contributed by atoms with Crippen LogP contribution in [0.5, 0.6) is 0 Å². The Hall–Kier alpha value is -3.15. The highest BCUT2D eigenvalue weighted by Gasteiger charge is 2.07. The maximum Gasteiger partial charge on any atom is 0.307 e. The molecular weight excluding hydrogens is 272 g/mol. The molecule has 2 heterocycles. The average Bonchev–Trinajstić information content (AvgIpc) is 3.04. The lowest BCUT2D eigenvalue weighted by atomic mass is 10.2. The molecule has 0 aliphatic rings. The minimum atomic E-state index is -0.499. The number of hydrogen-bond acceptors (Lipinski definition) is 5. The van der Waals surface area contributed by atoms with E-state index in [0.29, 0.717) is 11.0 Å². The van der Waals surface area contributed by atoms with Crippen LogP contribution in [0.3, 0.4) is 0 Å². The second kappa shape index (κ2) is 5.46. The topological polar surface area (TPSA) is 84.8 Å². The Labute approximate surface area is 118 Å². The van der Waals surface area contributed by atoms with Crippen LogP contribution in [0.25, 0.3) is 11.0 Å². The van der Waals surface area contributed by atoms with Gasteiger partial charge in [0.1, 0.15) is 11.8 Å². The number of amides is 1. The van der Waals surface area contributed by atoms with Crippen molar-refractivity contribution < 1.29 is 13.6 Å². The highest BCUT2D eigenvalue weighted by atomic mass is 16.3. The number of furan rings is 1. The molecule has 1 amide bonds. The van der Waals surface area contributed by atoms with Crippen molar-refractivity contribution in [2.45, 2.75) is 0 Å². The molecule has 0 aliphatic heterocycles. The lowest BCUT2D eigenvalue weighted by molar-refractivity contribution is 0.0927. The number of nitrogens with zero attached hydrogens (tertiary/aromatic N) is 1. The van der Waals surface area contributed by atoms with Crippen molar-refractivity contribution in [3.63, 3.8) is 0 Å². The lowest BCUT2D eigenvalue weighted by Gasteiger charge is -1.98. The second-order valence-corrected chi connectivity index (χ2v) is 4.19. The normalized spacial score (nSPS) is 11.0. The number of rotatable bonds is 3. The number of carbonyl (C=O) groups excluding carboxylic acids is 1. The van der Waals surface area contributed by atoms with E-state index in [4.69, 9.17) is 8.83 Å². The Balaban J connectivity index is 1.82. The summed E-state index contributed by atoms with van der Waals surface area (Å²) in [6.45, 7) is 0. The van der Waals surface area contributed by atoms with Gasteiger partial charge in [-0.2, -0.15) is 5.10 Å². The Kier molecular flexibility index (Phi) is 3.34. The summed E-state index contributed by atoms with van der Waals surface area (Å²) in [5.74, 6) is -0.362. The molecule has 0 spiro atoms. The van der Waals surface area contributed by atoms with Crippen LogP contribution in [0.2, 0.25) is 0 Å². The molecule has 0 bridgehead atoms. The zero-order chi connectivity index (χ0) is 14.7. The maximum atomic E-state index is 12.2.